The first-order valence-electron chi connectivity index (χ1n) is 22.5. The van der Waals surface area contributed by atoms with Gasteiger partial charge in [0.25, 0.3) is 5.91 Å². The molecule has 9 rings (SSSR count). The molecule has 2 N–H and O–H groups in total. The zero-order chi connectivity index (χ0) is 43.3. The van der Waals surface area contributed by atoms with Crippen molar-refractivity contribution in [3.05, 3.63) is 52.1 Å². The van der Waals surface area contributed by atoms with Crippen molar-refractivity contribution < 1.29 is 23.9 Å². The lowest BCUT2D eigenvalue weighted by Gasteiger charge is -2.36. The van der Waals surface area contributed by atoms with Crippen LogP contribution in [0.5, 0.6) is 0 Å². The van der Waals surface area contributed by atoms with E-state index in [-0.39, 0.29) is 36.9 Å². The molecular formula is C47H59N9O5S. The minimum Gasteiger partial charge on any atom is -0.464 e. The Morgan fingerprint density at radius 2 is 1.92 bits per heavy atom. The second-order valence-electron chi connectivity index (χ2n) is 18.6. The van der Waals surface area contributed by atoms with Gasteiger partial charge in [-0.25, -0.2) is 10.4 Å². The van der Waals surface area contributed by atoms with Gasteiger partial charge >= 0.3 is 5.97 Å². The lowest BCUT2D eigenvalue weighted by Crippen LogP contribution is -2.61. The van der Waals surface area contributed by atoms with E-state index in [0.29, 0.717) is 50.2 Å². The van der Waals surface area contributed by atoms with Crippen LogP contribution in [0, 0.1) is 28.6 Å². The number of hydrogen-bond acceptors (Lipinski definition) is 12. The lowest BCUT2D eigenvalue weighted by molar-refractivity contribution is -0.155. The number of methoxy groups -OCH3 is 1. The van der Waals surface area contributed by atoms with Gasteiger partial charge in [-0.3, -0.25) is 29.3 Å². The Bertz CT molecular complexity index is 2390. The van der Waals surface area contributed by atoms with Gasteiger partial charge in [0, 0.05) is 91.7 Å². The number of carbonyl (C=O) groups is 3. The molecule has 0 spiro atoms. The number of anilines is 1. The summed E-state index contributed by atoms with van der Waals surface area (Å²) in [5, 5.41) is 17.8. The summed E-state index contributed by atoms with van der Waals surface area (Å²) in [6.45, 7) is 13.8. The summed E-state index contributed by atoms with van der Waals surface area (Å²) in [4.78, 5) is 56.9. The predicted molar refractivity (Wildman–Crippen MR) is 238 cm³/mol. The number of benzene rings is 1. The number of aromatic nitrogens is 3. The molecule has 2 aliphatic carbocycles. The molecule has 5 aliphatic rings. The number of amides is 2. The molecule has 2 saturated carbocycles. The number of pyridine rings is 1. The summed E-state index contributed by atoms with van der Waals surface area (Å²) >= 11 is 1.45. The maximum Gasteiger partial charge on any atom is 0.324 e. The quantitative estimate of drug-likeness (QED) is 0.199. The van der Waals surface area contributed by atoms with Gasteiger partial charge < -0.3 is 24.3 Å². The highest BCUT2D eigenvalue weighted by Gasteiger charge is 2.41. The Labute approximate surface area is 367 Å². The van der Waals surface area contributed by atoms with E-state index in [9.17, 15) is 19.6 Å². The first-order valence-corrected chi connectivity index (χ1v) is 23.4. The largest absolute Gasteiger partial charge is 0.464 e. The average molecular weight is 862 g/mol. The number of nitriles is 1. The first-order chi connectivity index (χ1) is 29.9. The highest BCUT2D eigenvalue weighted by Crippen LogP contribution is 2.43. The molecule has 3 aliphatic heterocycles. The van der Waals surface area contributed by atoms with Crippen LogP contribution in [0.3, 0.4) is 0 Å². The van der Waals surface area contributed by atoms with Crippen LogP contribution < -0.4 is 15.6 Å². The van der Waals surface area contributed by atoms with Crippen molar-refractivity contribution in [2.45, 2.75) is 110 Å². The number of nitrogens with one attached hydrogen (secondary N) is 2. The average Bonchev–Trinajstić information content (AvgIpc) is 3.95. The summed E-state index contributed by atoms with van der Waals surface area (Å²) < 4.78 is 14.5. The van der Waals surface area contributed by atoms with Gasteiger partial charge in [-0.1, -0.05) is 19.9 Å². The van der Waals surface area contributed by atoms with E-state index in [0.717, 1.165) is 82.6 Å². The first kappa shape index (κ1) is 42.4. The molecular weight excluding hydrogens is 803 g/mol. The Balaban J connectivity index is 1.14. The lowest BCUT2D eigenvalue weighted by atomic mass is 9.74. The molecule has 62 heavy (non-hydrogen) atoms. The zero-order valence-electron chi connectivity index (χ0n) is 36.6. The number of piperazine rings is 1. The molecule has 5 atom stereocenters. The number of esters is 1. The topological polar surface area (TPSA) is 158 Å². The van der Waals surface area contributed by atoms with E-state index in [2.05, 4.69) is 83.1 Å². The van der Waals surface area contributed by atoms with E-state index in [1.54, 1.807) is 7.11 Å². The number of nitrogens with zero attached hydrogens (tertiary/aromatic N) is 7. The molecule has 4 fully saturated rings. The van der Waals surface area contributed by atoms with E-state index in [1.807, 2.05) is 11.6 Å². The Morgan fingerprint density at radius 3 is 2.63 bits per heavy atom. The third-order valence-corrected chi connectivity index (χ3v) is 14.6. The van der Waals surface area contributed by atoms with Crippen LogP contribution in [0.15, 0.2) is 35.8 Å². The number of hydrazine groups is 1. The second-order valence-corrected chi connectivity index (χ2v) is 19.6. The number of hydrogen-bond donors (Lipinski definition) is 2. The fourth-order valence-corrected chi connectivity index (χ4v) is 10.7. The van der Waals surface area contributed by atoms with E-state index in [1.165, 1.54) is 29.2 Å². The Kier molecular flexibility index (Phi) is 11.9. The molecule has 14 nitrogen and oxygen atoms in total. The third-order valence-electron chi connectivity index (χ3n) is 13.7. The van der Waals surface area contributed by atoms with Crippen molar-refractivity contribution in [2.24, 2.45) is 17.3 Å². The van der Waals surface area contributed by atoms with Crippen LogP contribution in [-0.2, 0) is 43.2 Å². The number of thiazole rings is 1. The maximum absolute atomic E-state index is 14.2. The molecule has 4 aromatic rings. The molecule has 328 valence electrons. The highest BCUT2D eigenvalue weighted by molar-refractivity contribution is 7.10. The van der Waals surface area contributed by atoms with Crippen molar-refractivity contribution >= 4 is 45.7 Å². The van der Waals surface area contributed by atoms with Crippen LogP contribution in [0.4, 0.5) is 5.69 Å². The van der Waals surface area contributed by atoms with Crippen molar-refractivity contribution in [1.82, 2.24) is 35.2 Å². The molecule has 3 aromatic heterocycles. The number of aryl methyl sites for hydroxylation is 1. The summed E-state index contributed by atoms with van der Waals surface area (Å²) in [6.07, 6.45) is 7.52. The smallest absolute Gasteiger partial charge is 0.324 e. The summed E-state index contributed by atoms with van der Waals surface area (Å²) in [5.74, 6) is -1.88. The number of ether oxygens (including phenoxy) is 2. The second kappa shape index (κ2) is 17.4. The van der Waals surface area contributed by atoms with E-state index in [4.69, 9.17) is 19.4 Å². The predicted octanol–water partition coefficient (Wildman–Crippen LogP) is 6.04. The molecule has 2 saturated heterocycles. The van der Waals surface area contributed by atoms with Crippen LogP contribution in [0.2, 0.25) is 0 Å². The number of rotatable bonds is 8. The van der Waals surface area contributed by atoms with E-state index >= 15 is 0 Å². The van der Waals surface area contributed by atoms with Gasteiger partial charge in [-0.15, -0.1) is 11.3 Å². The van der Waals surface area contributed by atoms with Crippen molar-refractivity contribution in [2.75, 3.05) is 51.3 Å². The fraction of sp³-hybridized carbons (Fsp3) is 0.574. The molecule has 15 heteroatoms. The van der Waals surface area contributed by atoms with Crippen molar-refractivity contribution in [1.29, 1.82) is 5.26 Å². The van der Waals surface area contributed by atoms with Gasteiger partial charge in [0.2, 0.25) is 5.91 Å². The number of cyclic esters (lactones) is 1. The third kappa shape index (κ3) is 8.34. The maximum atomic E-state index is 14.2. The molecule has 2 amide bonds. The van der Waals surface area contributed by atoms with Crippen LogP contribution in [0.1, 0.15) is 88.6 Å². The standard InChI is InChI=1S/C47H59N9O5S/c1-6-55-40-14-10-29-20-34(40)36(43(55)35-21-32(25-49-42(35)28(2)60-5)54-18-16-53(17-19-54)31-11-12-31)23-47(3,4)27-61-46(59)37-8-7-15-56(52-37)45(58)38(22-41-50-39(29)26-62-41)51-44(57)33-13-9-30(33)24-48/h10,14,20-21,25-26,28,30-31,33,37-38,52H,6-9,11-13,15-19,22-23,27H2,1-5H3,(H,51,57)/t28-,30+,33-,37-,38-/m0/s1. The van der Waals surface area contributed by atoms with Gasteiger partial charge in [-0.2, -0.15) is 5.26 Å². The molecule has 1 aromatic carbocycles. The summed E-state index contributed by atoms with van der Waals surface area (Å²) in [7, 11) is 1.73. The summed E-state index contributed by atoms with van der Waals surface area (Å²) in [6, 6.07) is 10.1. The van der Waals surface area contributed by atoms with Gasteiger partial charge in [-0.05, 0) is 82.6 Å². The van der Waals surface area contributed by atoms with Gasteiger partial charge in [0.1, 0.15) is 12.1 Å². The normalized spacial score (nSPS) is 25.1. The Morgan fingerprint density at radius 1 is 1.11 bits per heavy atom. The molecule has 6 bridgehead atoms. The fourth-order valence-electron chi connectivity index (χ4n) is 9.81. The number of carbonyl (C=O) groups excluding carboxylic acids is 3. The number of fused-ring (bicyclic) bond motifs is 6. The van der Waals surface area contributed by atoms with Gasteiger partial charge in [0.05, 0.1) is 64.6 Å². The molecule has 0 radical (unpaired) electrons. The SMILES string of the molecule is CCn1c(-c2cc(N3CCN(C4CC4)CC3)cnc2[C@H](C)OC)c2c3cc(ccc31)-c1csc(n1)C[C@H](NC(=O)[C@H]1CC[C@@H]1C#N)C(=O)N1CCC[C@H](N1)C(=O)OCC(C)(C)C2. The minimum absolute atomic E-state index is 0.163. The highest BCUT2D eigenvalue weighted by atomic mass is 32.1. The molecule has 6 heterocycles. The van der Waals surface area contributed by atoms with Crippen LogP contribution in [-0.4, -0.2) is 107 Å². The van der Waals surface area contributed by atoms with Crippen LogP contribution in [0.25, 0.3) is 33.4 Å². The summed E-state index contributed by atoms with van der Waals surface area (Å²) in [5.41, 5.74) is 10.7. The minimum atomic E-state index is -0.938. The molecule has 0 unspecified atom stereocenters. The monoisotopic (exact) mass is 861 g/mol. The van der Waals surface area contributed by atoms with Gasteiger partial charge in [0.15, 0.2) is 0 Å². The van der Waals surface area contributed by atoms with Crippen LogP contribution >= 0.6 is 11.3 Å². The van der Waals surface area contributed by atoms with Crippen molar-refractivity contribution in [3.8, 4) is 28.6 Å². The zero-order valence-corrected chi connectivity index (χ0v) is 37.4. The Hall–Kier alpha value is -4.88. The van der Waals surface area contributed by atoms with Crippen molar-refractivity contribution in [3.63, 3.8) is 0 Å². The van der Waals surface area contributed by atoms with E-state index < -0.39 is 29.4 Å².